The Labute approximate surface area is 267 Å². The minimum atomic E-state index is -0.0734. The van der Waals surface area contributed by atoms with E-state index in [0.717, 1.165) is 35.1 Å². The Kier molecular flexibility index (Phi) is 17.5. The molecule has 0 heterocycles. The van der Waals surface area contributed by atoms with Crippen molar-refractivity contribution in [2.24, 2.45) is 15.9 Å². The number of benzene rings is 2. The topological polar surface area (TPSA) is 45.0 Å². The second-order valence-corrected chi connectivity index (χ2v) is 13.5. The van der Waals surface area contributed by atoms with Gasteiger partial charge in [-0.25, -0.2) is 0 Å². The summed E-state index contributed by atoms with van der Waals surface area (Å²) in [5, 5.41) is 10.6. The first-order valence-corrected chi connectivity index (χ1v) is 14.3. The number of aromatic hydroxyl groups is 1. The Bertz CT molecular complexity index is 1100. The average Bonchev–Trinajstić information content (AvgIpc) is 2.77. The van der Waals surface area contributed by atoms with Gasteiger partial charge in [0.15, 0.2) is 0 Å². The van der Waals surface area contributed by atoms with Crippen LogP contribution in [0.2, 0.25) is 0 Å². The smallest absolute Gasteiger partial charge is 0.128 e. The first-order chi connectivity index (χ1) is 17.4. The van der Waals surface area contributed by atoms with Crippen LogP contribution in [0.15, 0.2) is 34.3 Å². The van der Waals surface area contributed by atoms with Crippen molar-refractivity contribution in [1.29, 1.82) is 0 Å². The molecule has 1 N–H and O–H groups in total. The van der Waals surface area contributed by atoms with Gasteiger partial charge in [-0.2, -0.15) is 12.5 Å². The molecule has 0 aromatic heterocycles. The van der Waals surface area contributed by atoms with E-state index >= 15 is 0 Å². The Morgan fingerprint density at radius 2 is 1.35 bits per heavy atom. The molecule has 0 saturated carbocycles. The van der Waals surface area contributed by atoms with Gasteiger partial charge in [-0.15, -0.1) is 23.3 Å². The molecule has 0 aliphatic rings. The second kappa shape index (κ2) is 17.3. The number of phenolic OH excluding ortho intramolecular Hbond substituents is 1. The van der Waals surface area contributed by atoms with Crippen LogP contribution < -0.4 is 0 Å². The molecular formula is C36H58N2OZr-2. The average molecular weight is 626 g/mol. The largest absolute Gasteiger partial charge is 0.507 e. The molecule has 224 valence electrons. The van der Waals surface area contributed by atoms with E-state index in [-0.39, 0.29) is 50.5 Å². The molecular weight excluding hydrogens is 568 g/mol. The molecule has 1 unspecified atom stereocenters. The summed E-state index contributed by atoms with van der Waals surface area (Å²) in [7, 11) is 0. The van der Waals surface area contributed by atoms with Crippen LogP contribution in [0.5, 0.6) is 5.75 Å². The molecule has 0 aliphatic heterocycles. The zero-order valence-electron chi connectivity index (χ0n) is 28.2. The van der Waals surface area contributed by atoms with Crippen LogP contribution in [-0.2, 0) is 43.5 Å². The van der Waals surface area contributed by atoms with E-state index in [1.54, 1.807) is 0 Å². The zero-order valence-corrected chi connectivity index (χ0v) is 30.6. The van der Waals surface area contributed by atoms with E-state index < -0.39 is 0 Å². The van der Waals surface area contributed by atoms with Crippen molar-refractivity contribution < 1.29 is 31.3 Å². The van der Waals surface area contributed by atoms with Crippen LogP contribution in [-0.4, -0.2) is 29.6 Å². The fourth-order valence-electron chi connectivity index (χ4n) is 4.15. The molecule has 0 saturated heterocycles. The number of rotatable bonds is 7. The van der Waals surface area contributed by atoms with Gasteiger partial charge in [0.05, 0.1) is 0 Å². The van der Waals surface area contributed by atoms with Gasteiger partial charge in [0.25, 0.3) is 0 Å². The molecule has 40 heavy (non-hydrogen) atoms. The van der Waals surface area contributed by atoms with E-state index in [1.165, 1.54) is 16.7 Å². The predicted octanol–water partition coefficient (Wildman–Crippen LogP) is 9.86. The normalized spacial score (nSPS) is 12.8. The molecule has 2 aromatic carbocycles. The van der Waals surface area contributed by atoms with E-state index in [1.807, 2.05) is 12.4 Å². The summed E-state index contributed by atoms with van der Waals surface area (Å²) in [5.74, 6) is 0.976. The number of aliphatic imine (C=N–C) groups is 2. The summed E-state index contributed by atoms with van der Waals surface area (Å²) in [6.07, 6.45) is 5.82. The van der Waals surface area contributed by atoms with Crippen LogP contribution in [0.4, 0.5) is 0 Å². The summed E-state index contributed by atoms with van der Waals surface area (Å²) >= 11 is 0. The van der Waals surface area contributed by atoms with Crippen molar-refractivity contribution in [1.82, 2.24) is 0 Å². The van der Waals surface area contributed by atoms with Gasteiger partial charge in [0.2, 0.25) is 0 Å². The van der Waals surface area contributed by atoms with E-state index in [2.05, 4.69) is 131 Å². The number of phenols is 1. The summed E-state index contributed by atoms with van der Waals surface area (Å²) in [4.78, 5) is 8.99. The molecule has 0 amide bonds. The van der Waals surface area contributed by atoms with Gasteiger partial charge >= 0.3 is 0 Å². The summed E-state index contributed by atoms with van der Waals surface area (Å²) in [6, 6.07) is 9.23. The summed E-state index contributed by atoms with van der Waals surface area (Å²) < 4.78 is 0. The fourth-order valence-corrected chi connectivity index (χ4v) is 4.15. The van der Waals surface area contributed by atoms with Crippen LogP contribution in [0.25, 0.3) is 0 Å². The second-order valence-electron chi connectivity index (χ2n) is 13.5. The summed E-state index contributed by atoms with van der Waals surface area (Å²) in [5.41, 5.74) is 8.01. The van der Waals surface area contributed by atoms with E-state index in [9.17, 15) is 5.11 Å². The van der Waals surface area contributed by atoms with Crippen molar-refractivity contribution in [2.45, 2.75) is 126 Å². The molecule has 4 heteroatoms. The SMILES string of the molecule is CCC(C)N=Cc1cc(CC(C)C)cc(C(C)(C)C)c1O.[CH2-]c1c(C=NC(C)C)cc(C)cc1C(C)(C)C.[CH3-].[Zr]. The molecule has 3 nitrogen and oxygen atoms in total. The molecule has 1 atom stereocenters. The zero-order chi connectivity index (χ0) is 29.4. The quantitative estimate of drug-likeness (QED) is 0.242. The Balaban J connectivity index is 0. The number of hydrogen-bond donors (Lipinski definition) is 1. The third-order valence-electron chi connectivity index (χ3n) is 6.46. The standard InChI is InChI=1S/C19H31NO.C16H24N.CH3.Zr/c1-8-14(4)20-12-16-10-15(9-13(2)3)11-17(18(16)21)19(5,6)7;1-11(2)17-10-14-8-12(3)9-15(13(14)4)16(5,6)7;;/h10-14,21H,8-9H2,1-7H3;8-11H,4H2,1-3,5-7H3;1H3;/q;2*-1;. The Hall–Kier alpha value is -1.67. The van der Waals surface area contributed by atoms with Crippen LogP contribution in [0.1, 0.15) is 128 Å². The Morgan fingerprint density at radius 1 is 0.825 bits per heavy atom. The first kappa shape index (κ1) is 40.5. The van der Waals surface area contributed by atoms with Crippen molar-refractivity contribution in [2.75, 3.05) is 0 Å². The maximum atomic E-state index is 10.6. The summed E-state index contributed by atoms with van der Waals surface area (Å²) in [6.45, 7) is 32.2. The predicted molar refractivity (Wildman–Crippen MR) is 176 cm³/mol. The number of hydrogen-bond acceptors (Lipinski definition) is 3. The number of aryl methyl sites for hydroxylation is 1. The molecule has 0 aliphatic carbocycles. The molecule has 2 aromatic rings. The van der Waals surface area contributed by atoms with E-state index in [4.69, 9.17) is 0 Å². The molecule has 2 rings (SSSR count). The van der Waals surface area contributed by atoms with Crippen molar-refractivity contribution in [3.63, 3.8) is 0 Å². The number of nitrogens with zero attached hydrogens (tertiary/aromatic N) is 2. The van der Waals surface area contributed by atoms with Crippen LogP contribution in [0, 0.1) is 27.2 Å². The van der Waals surface area contributed by atoms with E-state index in [0.29, 0.717) is 17.7 Å². The molecule has 0 bridgehead atoms. The maximum Gasteiger partial charge on any atom is 0.128 e. The maximum absolute atomic E-state index is 10.6. The van der Waals surface area contributed by atoms with Gasteiger partial charge in [0.1, 0.15) is 5.75 Å². The van der Waals surface area contributed by atoms with Crippen molar-refractivity contribution >= 4 is 12.4 Å². The van der Waals surface area contributed by atoms with Crippen molar-refractivity contribution in [3.05, 3.63) is 77.6 Å². The molecule has 0 fully saturated rings. The first-order valence-electron chi connectivity index (χ1n) is 14.3. The molecule has 0 spiro atoms. The van der Waals surface area contributed by atoms with Gasteiger partial charge in [0, 0.05) is 55.6 Å². The minimum Gasteiger partial charge on any atom is -0.507 e. The van der Waals surface area contributed by atoms with Gasteiger partial charge in [-0.3, -0.25) is 4.99 Å². The van der Waals surface area contributed by atoms with Crippen LogP contribution >= 0.6 is 0 Å². The van der Waals surface area contributed by atoms with Gasteiger partial charge < -0.3 is 17.5 Å². The monoisotopic (exact) mass is 624 g/mol. The van der Waals surface area contributed by atoms with Crippen LogP contribution in [0.3, 0.4) is 0 Å². The van der Waals surface area contributed by atoms with Gasteiger partial charge in [-0.1, -0.05) is 79.4 Å². The Morgan fingerprint density at radius 3 is 1.80 bits per heavy atom. The van der Waals surface area contributed by atoms with Gasteiger partial charge in [-0.05, 0) is 69.7 Å². The third kappa shape index (κ3) is 13.3. The fraction of sp³-hybridized carbons (Fsp3) is 0.556. The van der Waals surface area contributed by atoms with Crippen molar-refractivity contribution in [3.8, 4) is 5.75 Å². The minimum absolute atomic E-state index is 0. The third-order valence-corrected chi connectivity index (χ3v) is 6.46. The molecule has 0 radical (unpaired) electrons.